The monoisotopic (exact) mass is 356 g/mol. The fourth-order valence-corrected chi connectivity index (χ4v) is 3.15. The molecule has 2 aromatic rings. The van der Waals surface area contributed by atoms with Crippen molar-refractivity contribution in [2.75, 3.05) is 12.4 Å². The lowest BCUT2D eigenvalue weighted by Crippen LogP contribution is -2.25. The van der Waals surface area contributed by atoms with E-state index in [0.717, 1.165) is 43.4 Å². The third kappa shape index (κ3) is 3.61. The Morgan fingerprint density at radius 2 is 1.88 bits per heavy atom. The van der Waals surface area contributed by atoms with E-state index >= 15 is 0 Å². The van der Waals surface area contributed by atoms with Gasteiger partial charge in [-0.1, -0.05) is 6.42 Å². The number of aromatic nitrogens is 1. The third-order valence-electron chi connectivity index (χ3n) is 4.54. The number of hydrogen-bond donors (Lipinski definition) is 3. The van der Waals surface area contributed by atoms with Crippen molar-refractivity contribution < 1.29 is 19.4 Å². The first-order valence-corrected chi connectivity index (χ1v) is 8.47. The summed E-state index contributed by atoms with van der Waals surface area (Å²) in [6, 6.07) is 5.93. The number of carboxylic acids is 1. The van der Waals surface area contributed by atoms with Crippen LogP contribution in [0.4, 0.5) is 5.69 Å². The molecule has 1 aromatic heterocycles. The predicted octanol–water partition coefficient (Wildman–Crippen LogP) is 2.60. The van der Waals surface area contributed by atoms with E-state index in [4.69, 9.17) is 4.74 Å². The lowest BCUT2D eigenvalue weighted by molar-refractivity contribution is 0.0697. The van der Waals surface area contributed by atoms with Crippen LogP contribution in [0.25, 0.3) is 0 Å². The van der Waals surface area contributed by atoms with E-state index in [1.165, 1.54) is 19.2 Å². The number of fused-ring (bicyclic) bond motifs is 1. The van der Waals surface area contributed by atoms with Crippen LogP contribution in [0.15, 0.2) is 29.1 Å². The Balaban J connectivity index is 1.93. The number of rotatable bonds is 4. The van der Waals surface area contributed by atoms with Crippen LogP contribution in [0.1, 0.15) is 51.2 Å². The minimum Gasteiger partial charge on any atom is -0.497 e. The first-order chi connectivity index (χ1) is 12.5. The molecule has 3 rings (SSSR count). The molecule has 1 aromatic carbocycles. The topological polar surface area (TPSA) is 108 Å². The summed E-state index contributed by atoms with van der Waals surface area (Å²) in [6.45, 7) is 0. The van der Waals surface area contributed by atoms with Crippen LogP contribution in [0.3, 0.4) is 0 Å². The van der Waals surface area contributed by atoms with Crippen molar-refractivity contribution in [1.29, 1.82) is 0 Å². The van der Waals surface area contributed by atoms with Gasteiger partial charge in [-0.15, -0.1) is 0 Å². The number of aromatic amines is 1. The fraction of sp³-hybridized carbons (Fsp3) is 0.316. The molecule has 0 atom stereocenters. The van der Waals surface area contributed by atoms with Crippen LogP contribution in [0, 0.1) is 0 Å². The molecule has 136 valence electrons. The lowest BCUT2D eigenvalue weighted by atomic mass is 10.1. The first kappa shape index (κ1) is 17.7. The van der Waals surface area contributed by atoms with Gasteiger partial charge in [0.1, 0.15) is 11.3 Å². The molecular formula is C19H20N2O5. The second kappa shape index (κ2) is 7.43. The van der Waals surface area contributed by atoms with E-state index in [1.54, 1.807) is 12.1 Å². The number of aryl methyl sites for hydroxylation is 2. The van der Waals surface area contributed by atoms with Gasteiger partial charge in [0.15, 0.2) is 0 Å². The molecule has 1 aliphatic carbocycles. The summed E-state index contributed by atoms with van der Waals surface area (Å²) in [4.78, 5) is 39.1. The highest BCUT2D eigenvalue weighted by Crippen LogP contribution is 2.23. The molecule has 26 heavy (non-hydrogen) atoms. The summed E-state index contributed by atoms with van der Waals surface area (Å²) >= 11 is 0. The normalized spacial score (nSPS) is 13.4. The Labute approximate surface area is 150 Å². The van der Waals surface area contributed by atoms with Gasteiger partial charge in [-0.2, -0.15) is 0 Å². The molecule has 1 amide bonds. The summed E-state index contributed by atoms with van der Waals surface area (Å²) in [5.41, 5.74) is 1.38. The van der Waals surface area contributed by atoms with E-state index in [2.05, 4.69) is 10.3 Å². The molecule has 0 bridgehead atoms. The van der Waals surface area contributed by atoms with E-state index in [1.807, 2.05) is 0 Å². The van der Waals surface area contributed by atoms with Crippen molar-refractivity contribution in [1.82, 2.24) is 4.98 Å². The van der Waals surface area contributed by atoms with Gasteiger partial charge in [-0.3, -0.25) is 9.59 Å². The number of carboxylic acid groups (broad SMARTS) is 1. The smallest absolute Gasteiger partial charge is 0.337 e. The Kier molecular flexibility index (Phi) is 5.06. The van der Waals surface area contributed by atoms with Crippen molar-refractivity contribution >= 4 is 17.6 Å². The average molecular weight is 356 g/mol. The zero-order chi connectivity index (χ0) is 18.7. The number of hydrogen-bond acceptors (Lipinski definition) is 4. The van der Waals surface area contributed by atoms with E-state index in [9.17, 15) is 19.5 Å². The van der Waals surface area contributed by atoms with Crippen LogP contribution in [-0.2, 0) is 12.8 Å². The van der Waals surface area contributed by atoms with E-state index in [-0.39, 0.29) is 16.8 Å². The lowest BCUT2D eigenvalue weighted by Gasteiger charge is -2.11. The minimum absolute atomic E-state index is 0.0159. The maximum Gasteiger partial charge on any atom is 0.337 e. The molecule has 0 fully saturated rings. The zero-order valence-electron chi connectivity index (χ0n) is 14.4. The average Bonchev–Trinajstić information content (AvgIpc) is 2.85. The van der Waals surface area contributed by atoms with Crippen molar-refractivity contribution in [3.8, 4) is 5.75 Å². The Bertz CT molecular complexity index is 917. The van der Waals surface area contributed by atoms with Crippen LogP contribution >= 0.6 is 0 Å². The molecule has 7 nitrogen and oxygen atoms in total. The maximum absolute atomic E-state index is 12.6. The fourth-order valence-electron chi connectivity index (χ4n) is 3.15. The zero-order valence-corrected chi connectivity index (χ0v) is 14.4. The van der Waals surface area contributed by atoms with Gasteiger partial charge >= 0.3 is 5.97 Å². The molecule has 0 saturated carbocycles. The third-order valence-corrected chi connectivity index (χ3v) is 4.54. The van der Waals surface area contributed by atoms with Crippen molar-refractivity contribution in [2.24, 2.45) is 0 Å². The van der Waals surface area contributed by atoms with Gasteiger partial charge < -0.3 is 20.1 Å². The molecule has 1 heterocycles. The quantitative estimate of drug-likeness (QED) is 0.730. The molecular weight excluding hydrogens is 336 g/mol. The molecule has 0 spiro atoms. The number of nitrogens with one attached hydrogen (secondary N) is 2. The van der Waals surface area contributed by atoms with Crippen LogP contribution in [-0.4, -0.2) is 29.1 Å². The summed E-state index contributed by atoms with van der Waals surface area (Å²) in [7, 11) is 1.43. The number of anilines is 1. The molecule has 0 saturated heterocycles. The maximum atomic E-state index is 12.6. The predicted molar refractivity (Wildman–Crippen MR) is 96.2 cm³/mol. The second-order valence-electron chi connectivity index (χ2n) is 6.25. The number of methoxy groups -OCH3 is 1. The number of carbonyl (C=O) groups excluding carboxylic acids is 1. The highest BCUT2D eigenvalue weighted by molar-refractivity contribution is 6.07. The van der Waals surface area contributed by atoms with Gasteiger partial charge in [-0.05, 0) is 55.5 Å². The van der Waals surface area contributed by atoms with Gasteiger partial charge in [0.25, 0.3) is 11.5 Å². The summed E-state index contributed by atoms with van der Waals surface area (Å²) < 4.78 is 5.01. The van der Waals surface area contributed by atoms with Crippen LogP contribution in [0.5, 0.6) is 5.75 Å². The number of pyridine rings is 1. The molecule has 0 radical (unpaired) electrons. The highest BCUT2D eigenvalue weighted by Gasteiger charge is 2.19. The van der Waals surface area contributed by atoms with E-state index in [0.29, 0.717) is 5.75 Å². The van der Waals surface area contributed by atoms with Crippen molar-refractivity contribution in [3.05, 3.63) is 57.0 Å². The number of ether oxygens (including phenoxy) is 1. The first-order valence-electron chi connectivity index (χ1n) is 8.47. The number of benzene rings is 1. The van der Waals surface area contributed by atoms with Crippen molar-refractivity contribution in [2.45, 2.75) is 32.1 Å². The molecule has 0 unspecified atom stereocenters. The number of aromatic carboxylic acids is 1. The summed E-state index contributed by atoms with van der Waals surface area (Å²) in [6.07, 6.45) is 4.74. The number of H-pyrrole nitrogens is 1. The largest absolute Gasteiger partial charge is 0.497 e. The number of amides is 1. The molecule has 0 aliphatic heterocycles. The highest BCUT2D eigenvalue weighted by atomic mass is 16.5. The van der Waals surface area contributed by atoms with Crippen molar-refractivity contribution in [3.63, 3.8) is 0 Å². The Morgan fingerprint density at radius 1 is 1.12 bits per heavy atom. The number of carbonyl (C=O) groups is 2. The van der Waals surface area contributed by atoms with Crippen LogP contribution < -0.4 is 15.6 Å². The van der Waals surface area contributed by atoms with E-state index < -0.39 is 17.4 Å². The van der Waals surface area contributed by atoms with Gasteiger partial charge in [0.2, 0.25) is 0 Å². The molecule has 7 heteroatoms. The van der Waals surface area contributed by atoms with Gasteiger partial charge in [0.05, 0.1) is 18.4 Å². The Morgan fingerprint density at radius 3 is 2.62 bits per heavy atom. The molecule has 3 N–H and O–H groups in total. The van der Waals surface area contributed by atoms with Gasteiger partial charge in [0, 0.05) is 5.69 Å². The van der Waals surface area contributed by atoms with Gasteiger partial charge in [-0.25, -0.2) is 4.79 Å². The standard InChI is InChI=1S/C19H20N2O5/c1-26-12-7-8-16(13(10-12)19(24)25)21-18(23)14-9-11-5-3-2-4-6-15(11)20-17(14)22/h7-10H,2-6H2,1H3,(H,20,22)(H,21,23)(H,24,25). The SMILES string of the molecule is COc1ccc(NC(=O)c2cc3c([nH]c2=O)CCCCC3)c(C(=O)O)c1. The van der Waals surface area contributed by atoms with Crippen LogP contribution in [0.2, 0.25) is 0 Å². The summed E-state index contributed by atoms with van der Waals surface area (Å²) in [5.74, 6) is -1.47. The minimum atomic E-state index is -1.20. The summed E-state index contributed by atoms with van der Waals surface area (Å²) in [5, 5.41) is 11.9. The molecule has 1 aliphatic rings. The second-order valence-corrected chi connectivity index (χ2v) is 6.25. The Hall–Kier alpha value is -3.09.